The first-order valence-corrected chi connectivity index (χ1v) is 14.7. The zero-order chi connectivity index (χ0) is 24.3. The Bertz CT molecular complexity index is 733. The molecule has 0 aromatic heterocycles. The lowest BCUT2D eigenvalue weighted by Crippen LogP contribution is -2.29. The number of ketones is 1. The monoisotopic (exact) mass is 468 g/mol. The van der Waals surface area contributed by atoms with Gasteiger partial charge in [-0.2, -0.15) is 0 Å². The normalized spacial score (nSPS) is 23.5. The fraction of sp³-hybridized carbons (Fsp3) is 0.781. The first kappa shape index (κ1) is 27.4. The molecule has 0 bridgehead atoms. The number of carbonyl (C=O) groups excluding carboxylic acids is 1. The first-order chi connectivity index (χ1) is 16.5. The van der Waals surface area contributed by atoms with Gasteiger partial charge in [0.15, 0.2) is 0 Å². The van der Waals surface area contributed by atoms with E-state index < -0.39 is 0 Å². The summed E-state index contributed by atoms with van der Waals surface area (Å²) in [6.45, 7) is 11.0. The van der Waals surface area contributed by atoms with Crippen LogP contribution in [0.5, 0.6) is 0 Å². The minimum absolute atomic E-state index is 0.298. The second kappa shape index (κ2) is 14.4. The summed E-state index contributed by atoms with van der Waals surface area (Å²) in [6, 6.07) is 6.89. The average molecular weight is 469 g/mol. The predicted octanol–water partition coefficient (Wildman–Crippen LogP) is 8.97. The molecule has 4 unspecified atom stereocenters. The van der Waals surface area contributed by atoms with E-state index in [-0.39, 0.29) is 0 Å². The van der Waals surface area contributed by atoms with Crippen molar-refractivity contribution in [3.63, 3.8) is 0 Å². The summed E-state index contributed by atoms with van der Waals surface area (Å²) in [5.74, 6) is 3.52. The summed E-state index contributed by atoms with van der Waals surface area (Å²) >= 11 is 0. The van der Waals surface area contributed by atoms with Crippen molar-refractivity contribution in [1.29, 1.82) is 0 Å². The molecule has 0 N–H and O–H groups in total. The van der Waals surface area contributed by atoms with E-state index in [1.165, 1.54) is 81.8 Å². The molecular formula is C32H52O2. The predicted molar refractivity (Wildman–Crippen MR) is 144 cm³/mol. The van der Waals surface area contributed by atoms with Gasteiger partial charge < -0.3 is 4.74 Å². The summed E-state index contributed by atoms with van der Waals surface area (Å²) in [6.07, 6.45) is 16.8. The molecule has 2 heteroatoms. The van der Waals surface area contributed by atoms with Crippen LogP contribution in [0.4, 0.5) is 0 Å². The minimum Gasteiger partial charge on any atom is -0.381 e. The number of hydrogen-bond acceptors (Lipinski definition) is 2. The molecule has 2 nitrogen and oxygen atoms in total. The van der Waals surface area contributed by atoms with E-state index in [9.17, 15) is 4.79 Å². The van der Waals surface area contributed by atoms with Gasteiger partial charge in [0, 0.05) is 25.6 Å². The van der Waals surface area contributed by atoms with Gasteiger partial charge in [-0.15, -0.1) is 0 Å². The summed E-state index contributed by atoms with van der Waals surface area (Å²) in [5, 5.41) is 0. The third-order valence-electron chi connectivity index (χ3n) is 9.10. The van der Waals surface area contributed by atoms with Crippen molar-refractivity contribution in [2.24, 2.45) is 23.7 Å². The van der Waals surface area contributed by atoms with Gasteiger partial charge in [0.25, 0.3) is 0 Å². The maximum atomic E-state index is 13.6. The van der Waals surface area contributed by atoms with Gasteiger partial charge in [-0.3, -0.25) is 4.79 Å². The Kier molecular flexibility index (Phi) is 11.6. The molecule has 3 rings (SSSR count). The van der Waals surface area contributed by atoms with E-state index in [1.54, 1.807) is 5.56 Å². The molecule has 2 fully saturated rings. The van der Waals surface area contributed by atoms with Crippen molar-refractivity contribution in [1.82, 2.24) is 0 Å². The van der Waals surface area contributed by atoms with Crippen LogP contribution in [0.3, 0.4) is 0 Å². The third kappa shape index (κ3) is 7.94. The topological polar surface area (TPSA) is 26.3 Å². The molecule has 0 amide bonds. The Labute approximate surface area is 210 Å². The first-order valence-electron chi connectivity index (χ1n) is 14.7. The van der Waals surface area contributed by atoms with E-state index >= 15 is 0 Å². The zero-order valence-electron chi connectivity index (χ0n) is 22.7. The molecule has 1 aromatic carbocycles. The average Bonchev–Trinajstić information content (AvgIpc) is 2.85. The lowest BCUT2D eigenvalue weighted by atomic mass is 9.68. The van der Waals surface area contributed by atoms with Crippen molar-refractivity contribution < 1.29 is 9.53 Å². The number of ether oxygens (including phenoxy) is 1. The SMILES string of the molecule is CCCCCC(c1cccc(C)c1C)C1CCCC(C(=O)CC(CCC)CC2CCOCC2)C1. The number of aryl methyl sites for hydroxylation is 1. The molecule has 2 aliphatic rings. The van der Waals surface area contributed by atoms with Crippen LogP contribution in [-0.2, 0) is 9.53 Å². The van der Waals surface area contributed by atoms with Gasteiger partial charge in [-0.05, 0) is 99.2 Å². The molecule has 1 aliphatic carbocycles. The minimum atomic E-state index is 0.298. The van der Waals surface area contributed by atoms with Crippen LogP contribution >= 0.6 is 0 Å². The highest BCUT2D eigenvalue weighted by Crippen LogP contribution is 2.43. The second-order valence-corrected chi connectivity index (χ2v) is 11.6. The fourth-order valence-electron chi connectivity index (χ4n) is 6.94. The van der Waals surface area contributed by atoms with E-state index in [0.717, 1.165) is 38.4 Å². The van der Waals surface area contributed by atoms with Crippen LogP contribution in [0.25, 0.3) is 0 Å². The van der Waals surface area contributed by atoms with E-state index in [2.05, 4.69) is 45.9 Å². The van der Waals surface area contributed by atoms with Gasteiger partial charge in [-0.25, -0.2) is 0 Å². The number of rotatable bonds is 13. The molecule has 1 aromatic rings. The summed E-state index contributed by atoms with van der Waals surface area (Å²) in [7, 11) is 0. The third-order valence-corrected chi connectivity index (χ3v) is 9.10. The summed E-state index contributed by atoms with van der Waals surface area (Å²) < 4.78 is 5.57. The van der Waals surface area contributed by atoms with Crippen molar-refractivity contribution in [2.45, 2.75) is 124 Å². The van der Waals surface area contributed by atoms with E-state index in [1.807, 2.05) is 0 Å². The van der Waals surface area contributed by atoms with Crippen molar-refractivity contribution in [3.05, 3.63) is 34.9 Å². The molecule has 34 heavy (non-hydrogen) atoms. The number of hydrogen-bond donors (Lipinski definition) is 0. The van der Waals surface area contributed by atoms with Gasteiger partial charge in [0.05, 0.1) is 0 Å². The smallest absolute Gasteiger partial charge is 0.136 e. The van der Waals surface area contributed by atoms with Crippen LogP contribution in [0.1, 0.15) is 126 Å². The molecule has 0 spiro atoms. The van der Waals surface area contributed by atoms with Gasteiger partial charge in [0.1, 0.15) is 5.78 Å². The maximum Gasteiger partial charge on any atom is 0.136 e. The van der Waals surface area contributed by atoms with Crippen LogP contribution in [-0.4, -0.2) is 19.0 Å². The maximum absolute atomic E-state index is 13.6. The Balaban J connectivity index is 1.66. The van der Waals surface area contributed by atoms with Crippen LogP contribution in [0.15, 0.2) is 18.2 Å². The lowest BCUT2D eigenvalue weighted by molar-refractivity contribution is -0.125. The molecular weight excluding hydrogens is 416 g/mol. The molecule has 4 atom stereocenters. The number of benzene rings is 1. The Morgan fingerprint density at radius 2 is 1.79 bits per heavy atom. The second-order valence-electron chi connectivity index (χ2n) is 11.6. The Morgan fingerprint density at radius 1 is 1.00 bits per heavy atom. The fourth-order valence-corrected chi connectivity index (χ4v) is 6.94. The van der Waals surface area contributed by atoms with Crippen LogP contribution in [0.2, 0.25) is 0 Å². The number of unbranched alkanes of at least 4 members (excludes halogenated alkanes) is 2. The Morgan fingerprint density at radius 3 is 2.53 bits per heavy atom. The quantitative estimate of drug-likeness (QED) is 0.270. The molecule has 1 heterocycles. The van der Waals surface area contributed by atoms with Crippen molar-refractivity contribution in [3.8, 4) is 0 Å². The summed E-state index contributed by atoms with van der Waals surface area (Å²) in [4.78, 5) is 13.6. The Hall–Kier alpha value is -1.15. The summed E-state index contributed by atoms with van der Waals surface area (Å²) in [5.41, 5.74) is 4.46. The molecule has 0 radical (unpaired) electrons. The van der Waals surface area contributed by atoms with Crippen LogP contribution < -0.4 is 0 Å². The zero-order valence-corrected chi connectivity index (χ0v) is 22.7. The van der Waals surface area contributed by atoms with E-state index in [4.69, 9.17) is 4.74 Å². The van der Waals surface area contributed by atoms with E-state index in [0.29, 0.717) is 29.5 Å². The lowest BCUT2D eigenvalue weighted by Gasteiger charge is -2.36. The molecule has 1 saturated carbocycles. The standard InChI is InChI=1S/C32H52O2/c1-5-7-8-15-31(30-16-9-12-24(3)25(30)4)28-13-10-14-29(23-28)32(33)22-27(11-6-2)21-26-17-19-34-20-18-26/h9,12,16,26-29,31H,5-8,10-11,13-15,17-23H2,1-4H3. The highest BCUT2D eigenvalue weighted by atomic mass is 16.5. The highest BCUT2D eigenvalue weighted by molar-refractivity contribution is 5.81. The van der Waals surface area contributed by atoms with Gasteiger partial charge in [-0.1, -0.05) is 70.6 Å². The number of carbonyl (C=O) groups is 1. The van der Waals surface area contributed by atoms with Gasteiger partial charge >= 0.3 is 0 Å². The van der Waals surface area contributed by atoms with Crippen molar-refractivity contribution in [2.75, 3.05) is 13.2 Å². The van der Waals surface area contributed by atoms with Gasteiger partial charge in [0.2, 0.25) is 0 Å². The highest BCUT2D eigenvalue weighted by Gasteiger charge is 2.34. The number of Topliss-reactive ketones (excluding diaryl/α,β-unsaturated/α-hetero) is 1. The van der Waals surface area contributed by atoms with Crippen molar-refractivity contribution >= 4 is 5.78 Å². The molecule has 192 valence electrons. The molecule has 1 saturated heterocycles. The molecule has 1 aliphatic heterocycles. The van der Waals surface area contributed by atoms with Crippen LogP contribution in [0, 0.1) is 37.5 Å². The largest absolute Gasteiger partial charge is 0.381 e.